The lowest BCUT2D eigenvalue weighted by molar-refractivity contribution is 0.0699. The molecular weight excluding hydrogens is 388 g/mol. The molecule has 30 heavy (non-hydrogen) atoms. The number of aromatic carboxylic acids is 1. The van der Waals surface area contributed by atoms with E-state index in [1.807, 2.05) is 0 Å². The average molecular weight is 412 g/mol. The minimum Gasteiger partial charge on any atom is -0.507 e. The number of hydrogen-bond donors (Lipinski definition) is 5. The zero-order valence-electron chi connectivity index (χ0n) is 17.0. The zero-order valence-corrected chi connectivity index (χ0v) is 17.0. The summed E-state index contributed by atoms with van der Waals surface area (Å²) in [5.41, 5.74) is -1.09. The van der Waals surface area contributed by atoms with Gasteiger partial charge in [0.25, 0.3) is 0 Å². The molecular formula is C21H24N4O5. The molecule has 1 aromatic heterocycles. The van der Waals surface area contributed by atoms with Crippen molar-refractivity contribution in [2.24, 2.45) is 5.92 Å². The van der Waals surface area contributed by atoms with Crippen LogP contribution in [0.15, 0.2) is 21.7 Å². The number of carboxylic acid groups (broad SMARTS) is 1. The van der Waals surface area contributed by atoms with E-state index in [0.717, 1.165) is 12.6 Å². The molecule has 0 unspecified atom stereocenters. The number of nitrogens with zero attached hydrogens (tertiary/aromatic N) is 1. The number of aromatic hydroxyl groups is 1. The van der Waals surface area contributed by atoms with Crippen molar-refractivity contribution >= 4 is 34.2 Å². The number of aromatic amines is 1. The molecule has 0 aliphatic heterocycles. The maximum Gasteiger partial charge on any atom is 0.337 e. The Morgan fingerprint density at radius 2 is 1.93 bits per heavy atom. The van der Waals surface area contributed by atoms with Crippen LogP contribution in [0.2, 0.25) is 0 Å². The standard InChI is InChI=1S/C21H24N4O5/c1-10(2)8-22-6-7-23-9-13-16-18(20(28)11(3)19(13)27)25-15-12(21(29)30)4-5-14(26)17(15)24-16/h4-5,9-10,22-23,25,27H,6-8H2,1-3H3,(H,29,30). The first-order valence-corrected chi connectivity index (χ1v) is 9.62. The third kappa shape index (κ3) is 3.97. The van der Waals surface area contributed by atoms with Crippen LogP contribution < -0.4 is 26.7 Å². The first-order chi connectivity index (χ1) is 14.2. The van der Waals surface area contributed by atoms with E-state index in [1.54, 1.807) is 6.20 Å². The predicted molar refractivity (Wildman–Crippen MR) is 115 cm³/mol. The van der Waals surface area contributed by atoms with Crippen LogP contribution >= 0.6 is 0 Å². The van der Waals surface area contributed by atoms with E-state index in [1.165, 1.54) is 13.0 Å². The number of H-pyrrole nitrogens is 1. The van der Waals surface area contributed by atoms with Gasteiger partial charge < -0.3 is 25.8 Å². The van der Waals surface area contributed by atoms with Gasteiger partial charge in [-0.2, -0.15) is 0 Å². The van der Waals surface area contributed by atoms with Crippen molar-refractivity contribution in [3.63, 3.8) is 0 Å². The zero-order chi connectivity index (χ0) is 22.0. The second kappa shape index (κ2) is 8.50. The molecule has 9 heteroatoms. The van der Waals surface area contributed by atoms with Gasteiger partial charge in [0.15, 0.2) is 0 Å². The van der Waals surface area contributed by atoms with E-state index in [4.69, 9.17) is 0 Å². The van der Waals surface area contributed by atoms with Crippen LogP contribution in [0, 0.1) is 12.8 Å². The summed E-state index contributed by atoms with van der Waals surface area (Å²) in [7, 11) is 0. The SMILES string of the molecule is Cc1c(O)c(=CNCCNCC(C)C)c2nc3c(=O)ccc(C(=O)O)c3[nH]c2c1=O. The van der Waals surface area contributed by atoms with Crippen molar-refractivity contribution in [1.82, 2.24) is 20.6 Å². The van der Waals surface area contributed by atoms with Gasteiger partial charge in [-0.05, 0) is 31.5 Å². The molecule has 0 radical (unpaired) electrons. The highest BCUT2D eigenvalue weighted by Gasteiger charge is 2.17. The van der Waals surface area contributed by atoms with Gasteiger partial charge in [-0.25, -0.2) is 9.78 Å². The quantitative estimate of drug-likeness (QED) is 0.278. The highest BCUT2D eigenvalue weighted by Crippen LogP contribution is 2.17. The number of aromatic nitrogens is 2. The Morgan fingerprint density at radius 1 is 1.20 bits per heavy atom. The highest BCUT2D eigenvalue weighted by molar-refractivity contribution is 6.02. The second-order valence-corrected chi connectivity index (χ2v) is 7.51. The summed E-state index contributed by atoms with van der Waals surface area (Å²) in [5, 5.41) is 26.5. The number of rotatable bonds is 7. The molecule has 0 aliphatic rings. The van der Waals surface area contributed by atoms with Crippen molar-refractivity contribution in [3.8, 4) is 5.75 Å². The largest absolute Gasteiger partial charge is 0.507 e. The smallest absolute Gasteiger partial charge is 0.337 e. The topological polar surface area (TPSA) is 144 Å². The third-order valence-electron chi connectivity index (χ3n) is 4.76. The minimum atomic E-state index is -1.25. The second-order valence-electron chi connectivity index (χ2n) is 7.51. The highest BCUT2D eigenvalue weighted by atomic mass is 16.4. The molecule has 0 atom stereocenters. The molecule has 0 aliphatic carbocycles. The van der Waals surface area contributed by atoms with Crippen LogP contribution in [0.25, 0.3) is 28.3 Å². The lowest BCUT2D eigenvalue weighted by Gasteiger charge is -2.09. The van der Waals surface area contributed by atoms with Crippen molar-refractivity contribution in [1.29, 1.82) is 0 Å². The Labute approximate surface area is 171 Å². The van der Waals surface area contributed by atoms with E-state index in [2.05, 4.69) is 34.4 Å². The predicted octanol–water partition coefficient (Wildman–Crippen LogP) is 0.441. The third-order valence-corrected chi connectivity index (χ3v) is 4.76. The number of carboxylic acids is 1. The summed E-state index contributed by atoms with van der Waals surface area (Å²) in [5.74, 6) is -0.959. The molecule has 0 amide bonds. The van der Waals surface area contributed by atoms with Crippen LogP contribution in [0.4, 0.5) is 0 Å². The summed E-state index contributed by atoms with van der Waals surface area (Å²) in [6, 6.07) is 2.29. The van der Waals surface area contributed by atoms with Crippen LogP contribution in [-0.2, 0) is 0 Å². The van der Waals surface area contributed by atoms with Crippen LogP contribution in [0.1, 0.15) is 29.8 Å². The van der Waals surface area contributed by atoms with Gasteiger partial charge in [0.05, 0.1) is 16.3 Å². The first-order valence-electron chi connectivity index (χ1n) is 9.62. The first kappa shape index (κ1) is 21.3. The van der Waals surface area contributed by atoms with Crippen molar-refractivity contribution in [2.75, 3.05) is 19.6 Å². The van der Waals surface area contributed by atoms with Gasteiger partial charge in [-0.3, -0.25) is 9.59 Å². The Bertz CT molecular complexity index is 1300. The molecule has 1 heterocycles. The molecule has 2 aromatic carbocycles. The maximum absolute atomic E-state index is 12.7. The van der Waals surface area contributed by atoms with Crippen molar-refractivity contribution in [2.45, 2.75) is 20.8 Å². The fourth-order valence-electron chi connectivity index (χ4n) is 3.17. The molecule has 0 bridgehead atoms. The summed E-state index contributed by atoms with van der Waals surface area (Å²) < 4.78 is 0. The van der Waals surface area contributed by atoms with Gasteiger partial charge in [0.2, 0.25) is 10.9 Å². The number of fused-ring (bicyclic) bond motifs is 2. The van der Waals surface area contributed by atoms with Crippen LogP contribution in [-0.4, -0.2) is 45.8 Å². The van der Waals surface area contributed by atoms with E-state index in [0.29, 0.717) is 19.0 Å². The molecule has 0 saturated heterocycles. The van der Waals surface area contributed by atoms with Gasteiger partial charge in [-0.1, -0.05) is 13.8 Å². The number of phenols is 1. The van der Waals surface area contributed by atoms with Crippen LogP contribution in [0.5, 0.6) is 5.75 Å². The van der Waals surface area contributed by atoms with Gasteiger partial charge in [0, 0.05) is 24.9 Å². The number of nitrogens with one attached hydrogen (secondary N) is 3. The fourth-order valence-corrected chi connectivity index (χ4v) is 3.17. The average Bonchev–Trinajstić information content (AvgIpc) is 2.70. The molecule has 0 fully saturated rings. The number of benzene rings is 2. The van der Waals surface area contributed by atoms with E-state index >= 15 is 0 Å². The molecule has 3 rings (SSSR count). The molecule has 3 aromatic rings. The van der Waals surface area contributed by atoms with Crippen molar-refractivity contribution < 1.29 is 15.0 Å². The molecule has 0 saturated carbocycles. The molecule has 5 N–H and O–H groups in total. The summed E-state index contributed by atoms with van der Waals surface area (Å²) in [6.45, 7) is 7.83. The number of carbonyl (C=O) groups is 1. The summed E-state index contributed by atoms with van der Waals surface area (Å²) in [6.07, 6.45) is 1.54. The maximum atomic E-state index is 12.7. The lowest BCUT2D eigenvalue weighted by Crippen LogP contribution is -2.29. The van der Waals surface area contributed by atoms with Gasteiger partial charge >= 0.3 is 5.97 Å². The molecule has 9 nitrogen and oxygen atoms in total. The van der Waals surface area contributed by atoms with E-state index in [9.17, 15) is 24.6 Å². The minimum absolute atomic E-state index is 0.0249. The Morgan fingerprint density at radius 3 is 2.60 bits per heavy atom. The lowest BCUT2D eigenvalue weighted by atomic mass is 10.1. The molecule has 0 spiro atoms. The summed E-state index contributed by atoms with van der Waals surface area (Å²) in [4.78, 5) is 43.5. The van der Waals surface area contributed by atoms with Crippen molar-refractivity contribution in [3.05, 3.63) is 48.9 Å². The fraction of sp³-hybridized carbons (Fsp3) is 0.333. The van der Waals surface area contributed by atoms with E-state index in [-0.39, 0.29) is 44.2 Å². The normalized spacial score (nSPS) is 12.2. The Balaban J connectivity index is 2.18. The van der Waals surface area contributed by atoms with E-state index < -0.39 is 16.8 Å². The van der Waals surface area contributed by atoms with Gasteiger partial charge in [0.1, 0.15) is 22.3 Å². The molecule has 158 valence electrons. The monoisotopic (exact) mass is 412 g/mol. The number of phenolic OH excluding ortho intramolecular Hbond substituents is 1. The Kier molecular flexibility index (Phi) is 6.02. The Hall–Kier alpha value is -3.46. The van der Waals surface area contributed by atoms with Crippen LogP contribution in [0.3, 0.4) is 0 Å². The van der Waals surface area contributed by atoms with Gasteiger partial charge in [-0.15, -0.1) is 0 Å². The summed E-state index contributed by atoms with van der Waals surface area (Å²) >= 11 is 0. The number of hydrogen-bond acceptors (Lipinski definition) is 7.